The van der Waals surface area contributed by atoms with Crippen LogP contribution in [0.2, 0.25) is 0 Å². The van der Waals surface area contributed by atoms with Crippen LogP contribution in [0, 0.1) is 12.8 Å². The average molecular weight is 465 g/mol. The molecule has 0 unspecified atom stereocenters. The zero-order chi connectivity index (χ0) is 24.0. The van der Waals surface area contributed by atoms with Crippen LogP contribution in [0.1, 0.15) is 46.3 Å². The number of pyridine rings is 2. The molecule has 2 aromatic heterocycles. The molecule has 1 saturated heterocycles. The number of carbonyl (C=O) groups excluding carboxylic acids is 1. The van der Waals surface area contributed by atoms with E-state index in [0.717, 1.165) is 61.2 Å². The second-order valence-corrected chi connectivity index (χ2v) is 9.59. The predicted molar refractivity (Wildman–Crippen MR) is 141 cm³/mol. The summed E-state index contributed by atoms with van der Waals surface area (Å²) >= 11 is 0. The van der Waals surface area contributed by atoms with Gasteiger partial charge in [-0.2, -0.15) is 0 Å². The van der Waals surface area contributed by atoms with Crippen molar-refractivity contribution >= 4 is 22.4 Å². The van der Waals surface area contributed by atoms with Gasteiger partial charge >= 0.3 is 0 Å². The fourth-order valence-electron chi connectivity index (χ4n) is 4.99. The van der Waals surface area contributed by atoms with E-state index in [9.17, 15) is 4.79 Å². The van der Waals surface area contributed by atoms with Crippen molar-refractivity contribution in [1.82, 2.24) is 14.9 Å². The smallest absolute Gasteiger partial charge is 0.253 e. The molecule has 0 radical (unpaired) electrons. The third-order valence-corrected chi connectivity index (χ3v) is 7.08. The molecule has 5 nitrogen and oxygen atoms in total. The summed E-state index contributed by atoms with van der Waals surface area (Å²) in [5.41, 5.74) is 5.42. The fraction of sp³-hybridized carbons (Fsp3) is 0.300. The highest BCUT2D eigenvalue weighted by atomic mass is 16.2. The van der Waals surface area contributed by atoms with Crippen LogP contribution in [0.25, 0.3) is 10.8 Å². The maximum absolute atomic E-state index is 13.4. The maximum atomic E-state index is 13.4. The molecule has 5 rings (SSSR count). The van der Waals surface area contributed by atoms with Crippen molar-refractivity contribution in [3.63, 3.8) is 0 Å². The minimum Gasteiger partial charge on any atom is -0.381 e. The Kier molecular flexibility index (Phi) is 7.03. The summed E-state index contributed by atoms with van der Waals surface area (Å²) < 4.78 is 0. The zero-order valence-corrected chi connectivity index (χ0v) is 20.3. The van der Waals surface area contributed by atoms with Crippen molar-refractivity contribution in [2.24, 2.45) is 5.92 Å². The SMILES string of the molecule is Cc1ccc(C(=O)N2CCC[C@@H](Cc3ccc4ccncc4c3)CC2)cc1NCc1ccncc1. The van der Waals surface area contributed by atoms with Crippen molar-refractivity contribution < 1.29 is 4.79 Å². The third kappa shape index (κ3) is 5.68. The van der Waals surface area contributed by atoms with E-state index in [4.69, 9.17) is 0 Å². The van der Waals surface area contributed by atoms with Gasteiger partial charge < -0.3 is 10.2 Å². The number of hydrogen-bond donors (Lipinski definition) is 1. The van der Waals surface area contributed by atoms with Gasteiger partial charge in [0.25, 0.3) is 5.91 Å². The number of nitrogens with zero attached hydrogens (tertiary/aromatic N) is 3. The molecule has 4 aromatic rings. The molecule has 1 amide bonds. The van der Waals surface area contributed by atoms with E-state index in [0.29, 0.717) is 12.5 Å². The molecular formula is C30H32N4O. The van der Waals surface area contributed by atoms with E-state index in [-0.39, 0.29) is 5.91 Å². The minimum atomic E-state index is 0.134. The molecule has 5 heteroatoms. The summed E-state index contributed by atoms with van der Waals surface area (Å²) in [5.74, 6) is 0.729. The lowest BCUT2D eigenvalue weighted by molar-refractivity contribution is 0.0760. The first-order valence-electron chi connectivity index (χ1n) is 12.5. The van der Waals surface area contributed by atoms with Gasteiger partial charge in [0.1, 0.15) is 0 Å². The van der Waals surface area contributed by atoms with Gasteiger partial charge in [-0.05, 0) is 97.0 Å². The van der Waals surface area contributed by atoms with Crippen LogP contribution in [0.4, 0.5) is 5.69 Å². The molecule has 35 heavy (non-hydrogen) atoms. The topological polar surface area (TPSA) is 58.1 Å². The number of fused-ring (bicyclic) bond motifs is 1. The largest absolute Gasteiger partial charge is 0.381 e. The number of hydrogen-bond acceptors (Lipinski definition) is 4. The quantitative estimate of drug-likeness (QED) is 0.378. The second-order valence-electron chi connectivity index (χ2n) is 9.59. The molecule has 178 valence electrons. The van der Waals surface area contributed by atoms with Crippen LogP contribution >= 0.6 is 0 Å². The summed E-state index contributed by atoms with van der Waals surface area (Å²) in [7, 11) is 0. The number of carbonyl (C=O) groups is 1. The van der Waals surface area contributed by atoms with Crippen LogP contribution < -0.4 is 5.32 Å². The van der Waals surface area contributed by atoms with Gasteiger partial charge in [0, 0.05) is 61.1 Å². The molecule has 0 bridgehead atoms. The molecule has 0 saturated carbocycles. The van der Waals surface area contributed by atoms with Gasteiger partial charge in [-0.3, -0.25) is 14.8 Å². The standard InChI is InChI=1S/C30H32N4O/c1-22-4-6-27(19-29(22)33-20-24-8-12-31-13-9-24)30(35)34-15-2-3-23(11-16-34)17-25-5-7-26-10-14-32-21-28(26)18-25/h4-10,12-14,18-19,21,23,33H,2-3,11,15-17,20H2,1H3/t23-/m1/s1. The number of benzene rings is 2. The van der Waals surface area contributed by atoms with Crippen LogP contribution in [0.3, 0.4) is 0 Å². The van der Waals surface area contributed by atoms with Crippen molar-refractivity contribution in [2.45, 2.75) is 39.2 Å². The normalized spacial score (nSPS) is 16.1. The molecule has 2 aromatic carbocycles. The number of nitrogens with one attached hydrogen (secondary N) is 1. The van der Waals surface area contributed by atoms with Gasteiger partial charge in [-0.1, -0.05) is 18.2 Å². The van der Waals surface area contributed by atoms with Crippen LogP contribution in [-0.4, -0.2) is 33.9 Å². The van der Waals surface area contributed by atoms with E-state index in [1.165, 1.54) is 16.3 Å². The van der Waals surface area contributed by atoms with Gasteiger partial charge in [0.05, 0.1) is 0 Å². The number of anilines is 1. The number of amides is 1. The summed E-state index contributed by atoms with van der Waals surface area (Å²) in [5, 5.41) is 5.91. The molecule has 0 spiro atoms. The van der Waals surface area contributed by atoms with Crippen LogP contribution in [0.15, 0.2) is 79.4 Å². The first kappa shape index (κ1) is 23.0. The highest BCUT2D eigenvalue weighted by Crippen LogP contribution is 2.26. The Balaban J connectivity index is 1.21. The first-order valence-corrected chi connectivity index (χ1v) is 12.5. The van der Waals surface area contributed by atoms with Crippen molar-refractivity contribution in [2.75, 3.05) is 18.4 Å². The molecule has 1 atom stereocenters. The first-order chi connectivity index (χ1) is 17.2. The number of rotatable bonds is 6. The lowest BCUT2D eigenvalue weighted by Crippen LogP contribution is -2.32. The summed E-state index contributed by atoms with van der Waals surface area (Å²) in [6.45, 7) is 4.41. The van der Waals surface area contributed by atoms with Crippen molar-refractivity contribution in [3.05, 3.63) is 102 Å². The summed E-state index contributed by atoms with van der Waals surface area (Å²) in [6, 6.07) is 18.8. The van der Waals surface area contributed by atoms with Gasteiger partial charge in [-0.25, -0.2) is 0 Å². The third-order valence-electron chi connectivity index (χ3n) is 7.08. The Bertz CT molecular complexity index is 1300. The summed E-state index contributed by atoms with van der Waals surface area (Å²) in [4.78, 5) is 23.8. The van der Waals surface area contributed by atoms with Gasteiger partial charge in [-0.15, -0.1) is 0 Å². The molecule has 3 heterocycles. The van der Waals surface area contributed by atoms with E-state index < -0.39 is 0 Å². The summed E-state index contributed by atoms with van der Waals surface area (Å²) in [6.07, 6.45) is 11.7. The van der Waals surface area contributed by atoms with Gasteiger partial charge in [0.2, 0.25) is 0 Å². The van der Waals surface area contributed by atoms with Gasteiger partial charge in [0.15, 0.2) is 0 Å². The number of likely N-dealkylation sites (tertiary alicyclic amines) is 1. The van der Waals surface area contributed by atoms with E-state index in [1.807, 2.05) is 47.6 Å². The second kappa shape index (κ2) is 10.7. The Morgan fingerprint density at radius 3 is 2.66 bits per heavy atom. The lowest BCUT2D eigenvalue weighted by atomic mass is 9.92. The maximum Gasteiger partial charge on any atom is 0.253 e. The van der Waals surface area contributed by atoms with Crippen molar-refractivity contribution in [1.29, 1.82) is 0 Å². The monoisotopic (exact) mass is 464 g/mol. The van der Waals surface area contributed by atoms with E-state index >= 15 is 0 Å². The van der Waals surface area contributed by atoms with E-state index in [1.54, 1.807) is 12.4 Å². The Morgan fingerprint density at radius 1 is 0.914 bits per heavy atom. The molecule has 1 aliphatic rings. The Hall–Kier alpha value is -3.73. The van der Waals surface area contributed by atoms with E-state index in [2.05, 4.69) is 46.5 Å². The average Bonchev–Trinajstić information content (AvgIpc) is 3.14. The fourth-order valence-corrected chi connectivity index (χ4v) is 4.99. The molecule has 1 N–H and O–H groups in total. The molecule has 1 aliphatic heterocycles. The molecular weight excluding hydrogens is 432 g/mol. The molecule has 1 fully saturated rings. The highest BCUT2D eigenvalue weighted by molar-refractivity contribution is 5.95. The minimum absolute atomic E-state index is 0.134. The molecule has 0 aliphatic carbocycles. The van der Waals surface area contributed by atoms with Crippen LogP contribution in [-0.2, 0) is 13.0 Å². The Labute approximate surface area is 207 Å². The lowest BCUT2D eigenvalue weighted by Gasteiger charge is -2.22. The highest BCUT2D eigenvalue weighted by Gasteiger charge is 2.22. The predicted octanol–water partition coefficient (Wildman–Crippen LogP) is 6.04. The van der Waals surface area contributed by atoms with Crippen LogP contribution in [0.5, 0.6) is 0 Å². The number of aromatic nitrogens is 2. The zero-order valence-electron chi connectivity index (χ0n) is 20.3. The van der Waals surface area contributed by atoms with Crippen molar-refractivity contribution in [3.8, 4) is 0 Å². The number of aryl methyl sites for hydroxylation is 1. The Morgan fingerprint density at radius 2 is 1.77 bits per heavy atom.